The van der Waals surface area contributed by atoms with Crippen LogP contribution in [0.5, 0.6) is 0 Å². The highest BCUT2D eigenvalue weighted by Gasteiger charge is 2.40. The number of aromatic nitrogens is 3. The van der Waals surface area contributed by atoms with E-state index in [2.05, 4.69) is 49.5 Å². The molecule has 1 fully saturated rings. The van der Waals surface area contributed by atoms with Crippen molar-refractivity contribution in [1.82, 2.24) is 19.4 Å². The lowest BCUT2D eigenvalue weighted by Crippen LogP contribution is -2.53. The van der Waals surface area contributed by atoms with E-state index in [0.717, 1.165) is 28.0 Å². The summed E-state index contributed by atoms with van der Waals surface area (Å²) in [6.45, 7) is 0.910. The summed E-state index contributed by atoms with van der Waals surface area (Å²) in [7, 11) is 4.31. The summed E-state index contributed by atoms with van der Waals surface area (Å²) in [6.07, 6.45) is 5.55. The van der Waals surface area contributed by atoms with Crippen LogP contribution in [-0.4, -0.2) is 39.1 Å². The Bertz CT molecular complexity index is 633. The lowest BCUT2D eigenvalue weighted by molar-refractivity contribution is 0.0427. The van der Waals surface area contributed by atoms with Crippen molar-refractivity contribution in [3.8, 4) is 0 Å². The fourth-order valence-electron chi connectivity index (χ4n) is 2.93. The van der Waals surface area contributed by atoms with E-state index in [9.17, 15) is 0 Å². The van der Waals surface area contributed by atoms with Crippen LogP contribution >= 0.6 is 27.5 Å². The van der Waals surface area contributed by atoms with Gasteiger partial charge in [-0.05, 0) is 55.4 Å². The van der Waals surface area contributed by atoms with E-state index < -0.39 is 0 Å². The average Bonchev–Trinajstić information content (AvgIpc) is 2.69. The second-order valence-corrected chi connectivity index (χ2v) is 6.90. The maximum Gasteiger partial charge on any atom is 0.160 e. The Balaban J connectivity index is 2.05. The Morgan fingerprint density at radius 2 is 2.20 bits per heavy atom. The number of pyridine rings is 1. The molecule has 0 aromatic carbocycles. The van der Waals surface area contributed by atoms with Gasteiger partial charge in [0.25, 0.3) is 0 Å². The van der Waals surface area contributed by atoms with Crippen LogP contribution < -0.4 is 0 Å². The van der Waals surface area contributed by atoms with E-state index in [-0.39, 0.29) is 5.54 Å². The number of imidazole rings is 1. The maximum absolute atomic E-state index is 6.08. The summed E-state index contributed by atoms with van der Waals surface area (Å²) >= 11 is 9.52. The predicted octanol–water partition coefficient (Wildman–Crippen LogP) is 3.42. The van der Waals surface area contributed by atoms with Crippen LogP contribution in [-0.2, 0) is 12.4 Å². The number of alkyl halides is 1. The summed E-state index contributed by atoms with van der Waals surface area (Å²) in [5.41, 5.74) is 2.06. The van der Waals surface area contributed by atoms with Gasteiger partial charge in [-0.1, -0.05) is 0 Å². The number of likely N-dealkylation sites (N-methyl/N-ethyl adjacent to an activating group) is 1. The summed E-state index contributed by atoms with van der Waals surface area (Å²) in [5.74, 6) is 1.32. The van der Waals surface area contributed by atoms with Gasteiger partial charge in [0, 0.05) is 22.8 Å². The van der Waals surface area contributed by atoms with Gasteiger partial charge in [-0.25, -0.2) is 9.97 Å². The molecule has 1 aliphatic carbocycles. The van der Waals surface area contributed by atoms with Gasteiger partial charge in [0.2, 0.25) is 0 Å². The van der Waals surface area contributed by atoms with Crippen LogP contribution in [0.25, 0.3) is 11.2 Å². The van der Waals surface area contributed by atoms with Crippen molar-refractivity contribution in [3.63, 3.8) is 0 Å². The summed E-state index contributed by atoms with van der Waals surface area (Å²) in [5, 5.41) is 0. The molecule has 2 aromatic rings. The van der Waals surface area contributed by atoms with Crippen LogP contribution in [0.1, 0.15) is 25.1 Å². The second-order valence-electron chi connectivity index (χ2n) is 5.72. The van der Waals surface area contributed by atoms with E-state index in [1.54, 1.807) is 0 Å². The Hall–Kier alpha value is -0.650. The van der Waals surface area contributed by atoms with E-state index in [1.165, 1.54) is 19.3 Å². The molecule has 2 aromatic heterocycles. The number of hydrogen-bond acceptors (Lipinski definition) is 3. The number of nitrogens with zero attached hydrogens (tertiary/aromatic N) is 4. The van der Waals surface area contributed by atoms with Crippen molar-refractivity contribution < 1.29 is 0 Å². The predicted molar refractivity (Wildman–Crippen MR) is 85.1 cm³/mol. The molecule has 0 unspecified atom stereocenters. The smallest absolute Gasteiger partial charge is 0.160 e. The molecule has 108 valence electrons. The molecular weight excluding hydrogens is 340 g/mol. The third kappa shape index (κ3) is 2.26. The highest BCUT2D eigenvalue weighted by atomic mass is 79.9. The molecule has 2 heterocycles. The standard InChI is InChI=1S/C14H18BrClN4/c1-19(2)14(4-3-5-14)9-20-12(7-16)18-11-6-10(15)8-17-13(11)20/h6,8H,3-5,7,9H2,1-2H3. The summed E-state index contributed by atoms with van der Waals surface area (Å²) in [6, 6.07) is 2.00. The first kappa shape index (κ1) is 14.3. The maximum atomic E-state index is 6.08. The van der Waals surface area contributed by atoms with Gasteiger partial charge in [-0.15, -0.1) is 11.6 Å². The number of halogens is 2. The third-order valence-corrected chi connectivity index (χ3v) is 5.11. The van der Waals surface area contributed by atoms with Crippen molar-refractivity contribution in [1.29, 1.82) is 0 Å². The van der Waals surface area contributed by atoms with Gasteiger partial charge in [0.1, 0.15) is 11.3 Å². The molecule has 0 N–H and O–H groups in total. The van der Waals surface area contributed by atoms with Crippen molar-refractivity contribution in [2.24, 2.45) is 0 Å². The fraction of sp³-hybridized carbons (Fsp3) is 0.571. The molecular formula is C14H18BrClN4. The van der Waals surface area contributed by atoms with Gasteiger partial charge in [-0.3, -0.25) is 0 Å². The van der Waals surface area contributed by atoms with Crippen molar-refractivity contribution in [2.45, 2.75) is 37.2 Å². The van der Waals surface area contributed by atoms with Gasteiger partial charge < -0.3 is 9.47 Å². The summed E-state index contributed by atoms with van der Waals surface area (Å²) < 4.78 is 3.13. The van der Waals surface area contributed by atoms with Crippen molar-refractivity contribution in [2.75, 3.05) is 14.1 Å². The Morgan fingerprint density at radius 1 is 1.45 bits per heavy atom. The first-order valence-corrected chi connectivity index (χ1v) is 8.12. The topological polar surface area (TPSA) is 34.0 Å². The molecule has 0 radical (unpaired) electrons. The van der Waals surface area contributed by atoms with Crippen LogP contribution in [0.4, 0.5) is 0 Å². The third-order valence-electron chi connectivity index (χ3n) is 4.44. The van der Waals surface area contributed by atoms with Gasteiger partial charge in [0.05, 0.1) is 5.88 Å². The number of fused-ring (bicyclic) bond motifs is 1. The van der Waals surface area contributed by atoms with E-state index in [1.807, 2.05) is 12.3 Å². The minimum Gasteiger partial charge on any atom is -0.310 e. The normalized spacial score (nSPS) is 17.6. The minimum atomic E-state index is 0.225. The highest BCUT2D eigenvalue weighted by Crippen LogP contribution is 2.38. The SMILES string of the molecule is CN(C)C1(Cn2c(CCl)nc3cc(Br)cnc32)CCC1. The highest BCUT2D eigenvalue weighted by molar-refractivity contribution is 9.10. The van der Waals surface area contributed by atoms with Crippen LogP contribution in [0.2, 0.25) is 0 Å². The van der Waals surface area contributed by atoms with Crippen LogP contribution in [0.15, 0.2) is 16.7 Å². The summed E-state index contributed by atoms with van der Waals surface area (Å²) in [4.78, 5) is 11.5. The Kier molecular flexibility index (Phi) is 3.77. The lowest BCUT2D eigenvalue weighted by atomic mass is 9.75. The van der Waals surface area contributed by atoms with Gasteiger partial charge in [0.15, 0.2) is 5.65 Å². The first-order valence-electron chi connectivity index (χ1n) is 6.80. The molecule has 0 saturated heterocycles. The average molecular weight is 358 g/mol. The first-order chi connectivity index (χ1) is 9.55. The minimum absolute atomic E-state index is 0.225. The quantitative estimate of drug-likeness (QED) is 0.786. The van der Waals surface area contributed by atoms with Crippen molar-refractivity contribution >= 4 is 38.7 Å². The van der Waals surface area contributed by atoms with Crippen LogP contribution in [0.3, 0.4) is 0 Å². The zero-order valence-electron chi connectivity index (χ0n) is 11.7. The molecule has 1 saturated carbocycles. The molecule has 0 bridgehead atoms. The molecule has 0 amide bonds. The second kappa shape index (κ2) is 5.28. The largest absolute Gasteiger partial charge is 0.310 e. The van der Waals surface area contributed by atoms with E-state index in [4.69, 9.17) is 11.6 Å². The monoisotopic (exact) mass is 356 g/mol. The molecule has 1 aliphatic rings. The molecule has 20 heavy (non-hydrogen) atoms. The molecule has 3 rings (SSSR count). The van der Waals surface area contributed by atoms with E-state index >= 15 is 0 Å². The molecule has 6 heteroatoms. The van der Waals surface area contributed by atoms with Gasteiger partial charge >= 0.3 is 0 Å². The van der Waals surface area contributed by atoms with Crippen molar-refractivity contribution in [3.05, 3.63) is 22.6 Å². The number of hydrogen-bond donors (Lipinski definition) is 0. The Morgan fingerprint density at radius 3 is 2.75 bits per heavy atom. The zero-order chi connectivity index (χ0) is 14.3. The van der Waals surface area contributed by atoms with E-state index in [0.29, 0.717) is 5.88 Å². The fourth-order valence-corrected chi connectivity index (χ4v) is 3.45. The molecule has 0 atom stereocenters. The number of rotatable bonds is 4. The lowest BCUT2D eigenvalue weighted by Gasteiger charge is -2.47. The molecule has 0 spiro atoms. The van der Waals surface area contributed by atoms with Crippen LogP contribution in [0, 0.1) is 0 Å². The Labute approximate surface area is 132 Å². The molecule has 0 aliphatic heterocycles. The van der Waals surface area contributed by atoms with Gasteiger partial charge in [-0.2, -0.15) is 0 Å². The molecule has 4 nitrogen and oxygen atoms in total. The zero-order valence-corrected chi connectivity index (χ0v) is 14.1.